The summed E-state index contributed by atoms with van der Waals surface area (Å²) in [6.45, 7) is 3.01. The summed E-state index contributed by atoms with van der Waals surface area (Å²) in [4.78, 5) is 4.51. The van der Waals surface area contributed by atoms with E-state index in [1.807, 2.05) is 24.8 Å². The highest BCUT2D eigenvalue weighted by molar-refractivity contribution is 7.98. The molecule has 0 saturated carbocycles. The summed E-state index contributed by atoms with van der Waals surface area (Å²) in [5, 5.41) is 4.53. The number of aryl methyl sites for hydroxylation is 1. The molecule has 0 fully saturated rings. The Kier molecular flexibility index (Phi) is 5.98. The highest BCUT2D eigenvalue weighted by atomic mass is 32.2. The minimum Gasteiger partial charge on any atom is -0.397 e. The van der Waals surface area contributed by atoms with Gasteiger partial charge in [0.25, 0.3) is 0 Å². The van der Waals surface area contributed by atoms with Crippen LogP contribution in [0.1, 0.15) is 30.7 Å². The number of hydrogen-bond donors (Lipinski definition) is 2. The predicted molar refractivity (Wildman–Crippen MR) is 94.1 cm³/mol. The molecule has 0 radical (unpaired) electrons. The Morgan fingerprint density at radius 2 is 2.05 bits per heavy atom. The van der Waals surface area contributed by atoms with Gasteiger partial charge in [-0.2, -0.15) is 11.8 Å². The fraction of sp³-hybridized carbons (Fsp3) is 0.533. The Balaban J connectivity index is 1.82. The van der Waals surface area contributed by atoms with Gasteiger partial charge in [-0.05, 0) is 43.9 Å². The van der Waals surface area contributed by atoms with Crippen LogP contribution in [-0.2, 0) is 0 Å². The number of thioether (sulfide) groups is 1. The van der Waals surface area contributed by atoms with Gasteiger partial charge in [-0.15, -0.1) is 11.3 Å². The SMILES string of the molecule is CSCCCCCCNc1cc2nc(C)sc2cc1N. The van der Waals surface area contributed by atoms with Gasteiger partial charge in [0.05, 0.1) is 26.6 Å². The molecule has 0 amide bonds. The van der Waals surface area contributed by atoms with Crippen LogP contribution in [-0.4, -0.2) is 23.5 Å². The minimum atomic E-state index is 0.823. The molecule has 0 aliphatic carbocycles. The lowest BCUT2D eigenvalue weighted by molar-refractivity contribution is 0.689. The van der Waals surface area contributed by atoms with E-state index in [9.17, 15) is 0 Å². The van der Waals surface area contributed by atoms with Gasteiger partial charge < -0.3 is 11.1 Å². The molecule has 0 aliphatic rings. The first kappa shape index (κ1) is 15.4. The van der Waals surface area contributed by atoms with Crippen molar-refractivity contribution in [2.24, 2.45) is 0 Å². The number of nitrogens with two attached hydrogens (primary N) is 1. The minimum absolute atomic E-state index is 0.823. The maximum absolute atomic E-state index is 6.09. The summed E-state index contributed by atoms with van der Waals surface area (Å²) in [5.41, 5.74) is 8.98. The van der Waals surface area contributed by atoms with Gasteiger partial charge in [0, 0.05) is 6.54 Å². The van der Waals surface area contributed by atoms with E-state index < -0.39 is 0 Å². The first-order chi connectivity index (χ1) is 9.70. The molecule has 2 rings (SSSR count). The number of aromatic nitrogens is 1. The van der Waals surface area contributed by atoms with E-state index in [4.69, 9.17) is 5.73 Å². The zero-order valence-corrected chi connectivity index (χ0v) is 13.9. The third-order valence-electron chi connectivity index (χ3n) is 3.26. The smallest absolute Gasteiger partial charge is 0.0907 e. The lowest BCUT2D eigenvalue weighted by Gasteiger charge is -2.09. The van der Waals surface area contributed by atoms with Crippen molar-refractivity contribution in [2.45, 2.75) is 32.6 Å². The molecule has 0 bridgehead atoms. The Bertz CT molecular complexity index is 551. The molecule has 3 nitrogen and oxygen atoms in total. The van der Waals surface area contributed by atoms with Crippen molar-refractivity contribution in [1.29, 1.82) is 0 Å². The van der Waals surface area contributed by atoms with E-state index >= 15 is 0 Å². The van der Waals surface area contributed by atoms with Crippen molar-refractivity contribution < 1.29 is 0 Å². The zero-order chi connectivity index (χ0) is 14.4. The number of benzene rings is 1. The van der Waals surface area contributed by atoms with Crippen LogP contribution in [0.25, 0.3) is 10.2 Å². The lowest BCUT2D eigenvalue weighted by Crippen LogP contribution is -2.04. The Labute approximate surface area is 129 Å². The summed E-state index contributed by atoms with van der Waals surface area (Å²) < 4.78 is 1.17. The van der Waals surface area contributed by atoms with Crippen LogP contribution in [0.15, 0.2) is 12.1 Å². The van der Waals surface area contributed by atoms with Gasteiger partial charge in [0.15, 0.2) is 0 Å². The molecule has 0 atom stereocenters. The first-order valence-corrected chi connectivity index (χ1v) is 9.31. The average molecular weight is 310 g/mol. The molecule has 0 spiro atoms. The van der Waals surface area contributed by atoms with Crippen molar-refractivity contribution in [1.82, 2.24) is 4.98 Å². The number of hydrogen-bond acceptors (Lipinski definition) is 5. The topological polar surface area (TPSA) is 50.9 Å². The molecular formula is C15H23N3S2. The molecule has 110 valence electrons. The van der Waals surface area contributed by atoms with Gasteiger partial charge in [-0.3, -0.25) is 0 Å². The molecule has 0 unspecified atom stereocenters. The summed E-state index contributed by atoms with van der Waals surface area (Å²) >= 11 is 3.62. The Morgan fingerprint density at radius 1 is 1.25 bits per heavy atom. The molecular weight excluding hydrogens is 286 g/mol. The molecule has 20 heavy (non-hydrogen) atoms. The van der Waals surface area contributed by atoms with Crippen molar-refractivity contribution in [3.8, 4) is 0 Å². The number of unbranched alkanes of at least 4 members (excludes halogenated alkanes) is 3. The van der Waals surface area contributed by atoms with Crippen LogP contribution in [0.5, 0.6) is 0 Å². The predicted octanol–water partition coefficient (Wildman–Crippen LogP) is 4.52. The molecule has 3 N–H and O–H groups in total. The average Bonchev–Trinajstić information content (AvgIpc) is 2.77. The maximum Gasteiger partial charge on any atom is 0.0907 e. The van der Waals surface area contributed by atoms with E-state index in [-0.39, 0.29) is 0 Å². The maximum atomic E-state index is 6.09. The summed E-state index contributed by atoms with van der Waals surface area (Å²) in [6.07, 6.45) is 7.30. The van der Waals surface area contributed by atoms with Gasteiger partial charge in [0.2, 0.25) is 0 Å². The first-order valence-electron chi connectivity index (χ1n) is 7.10. The van der Waals surface area contributed by atoms with Crippen LogP contribution in [0.3, 0.4) is 0 Å². The number of anilines is 2. The van der Waals surface area contributed by atoms with Gasteiger partial charge in [0.1, 0.15) is 0 Å². The van der Waals surface area contributed by atoms with Crippen molar-refractivity contribution >= 4 is 44.7 Å². The van der Waals surface area contributed by atoms with Gasteiger partial charge in [-0.25, -0.2) is 4.98 Å². The van der Waals surface area contributed by atoms with Crippen LogP contribution < -0.4 is 11.1 Å². The number of thiazole rings is 1. The number of rotatable bonds is 8. The fourth-order valence-electron chi connectivity index (χ4n) is 2.21. The van der Waals surface area contributed by atoms with Crippen LogP contribution >= 0.6 is 23.1 Å². The quantitative estimate of drug-likeness (QED) is 0.556. The number of nitrogens with zero attached hydrogens (tertiary/aromatic N) is 1. The van der Waals surface area contributed by atoms with Gasteiger partial charge in [-0.1, -0.05) is 12.8 Å². The van der Waals surface area contributed by atoms with E-state index in [1.54, 1.807) is 11.3 Å². The molecule has 0 aliphatic heterocycles. The largest absolute Gasteiger partial charge is 0.397 e. The summed E-state index contributed by atoms with van der Waals surface area (Å²) in [6, 6.07) is 4.10. The van der Waals surface area contributed by atoms with E-state index in [0.717, 1.165) is 28.4 Å². The van der Waals surface area contributed by atoms with Crippen LogP contribution in [0.2, 0.25) is 0 Å². The molecule has 1 aromatic heterocycles. The third kappa shape index (κ3) is 4.28. The number of nitrogens with one attached hydrogen (secondary N) is 1. The molecule has 0 saturated heterocycles. The van der Waals surface area contributed by atoms with E-state index in [0.29, 0.717) is 0 Å². The monoisotopic (exact) mass is 309 g/mol. The van der Waals surface area contributed by atoms with Gasteiger partial charge >= 0.3 is 0 Å². The third-order valence-corrected chi connectivity index (χ3v) is 4.89. The van der Waals surface area contributed by atoms with Crippen molar-refractivity contribution in [3.05, 3.63) is 17.1 Å². The summed E-state index contributed by atoms with van der Waals surface area (Å²) in [7, 11) is 0. The second kappa shape index (κ2) is 7.74. The highest BCUT2D eigenvalue weighted by Crippen LogP contribution is 2.29. The highest BCUT2D eigenvalue weighted by Gasteiger charge is 2.05. The van der Waals surface area contributed by atoms with Crippen LogP contribution in [0, 0.1) is 6.92 Å². The summed E-state index contributed by atoms with van der Waals surface area (Å²) in [5.74, 6) is 1.28. The second-order valence-electron chi connectivity index (χ2n) is 4.97. The molecule has 1 aromatic carbocycles. The van der Waals surface area contributed by atoms with Crippen molar-refractivity contribution in [2.75, 3.05) is 29.6 Å². The standard InChI is InChI=1S/C15H23N3S2/c1-11-18-14-10-13(12(16)9-15(14)20-11)17-7-5-3-4-6-8-19-2/h9-10,17H,3-8,16H2,1-2H3. The fourth-order valence-corrected chi connectivity index (χ4v) is 3.56. The normalized spacial score (nSPS) is 11.1. The Hall–Kier alpha value is -0.940. The second-order valence-corrected chi connectivity index (χ2v) is 7.19. The number of nitrogen functional groups attached to an aromatic ring is 1. The molecule has 1 heterocycles. The van der Waals surface area contributed by atoms with E-state index in [1.165, 1.54) is 36.1 Å². The number of fused-ring (bicyclic) bond motifs is 1. The molecule has 5 heteroatoms. The van der Waals surface area contributed by atoms with E-state index in [2.05, 4.69) is 22.6 Å². The zero-order valence-electron chi connectivity index (χ0n) is 12.2. The lowest BCUT2D eigenvalue weighted by atomic mass is 10.2. The van der Waals surface area contributed by atoms with Crippen molar-refractivity contribution in [3.63, 3.8) is 0 Å². The Morgan fingerprint density at radius 3 is 2.85 bits per heavy atom. The molecule has 2 aromatic rings. The van der Waals surface area contributed by atoms with Crippen LogP contribution in [0.4, 0.5) is 11.4 Å².